The average Bonchev–Trinajstić information content (AvgIpc) is 3.29. The predicted molar refractivity (Wildman–Crippen MR) is 114 cm³/mol. The highest BCUT2D eigenvalue weighted by Gasteiger charge is 2.30. The van der Waals surface area contributed by atoms with Gasteiger partial charge in [0.1, 0.15) is 17.6 Å². The molecule has 0 spiro atoms. The number of amides is 2. The molecule has 2 heterocycles. The summed E-state index contributed by atoms with van der Waals surface area (Å²) in [7, 11) is 1.60. The maximum Gasteiger partial charge on any atom is 0.288 e. The second kappa shape index (κ2) is 8.66. The Morgan fingerprint density at radius 2 is 1.90 bits per heavy atom. The Hall–Kier alpha value is -4.21. The van der Waals surface area contributed by atoms with Crippen LogP contribution in [0.4, 0.5) is 5.69 Å². The van der Waals surface area contributed by atoms with Crippen molar-refractivity contribution in [3.63, 3.8) is 0 Å². The average molecular weight is 419 g/mol. The van der Waals surface area contributed by atoms with E-state index in [1.54, 1.807) is 26.2 Å². The standard InChI is InChI=1S/C21H21N7O3/c1-13-21(30)28(15-6-4-3-5-7-15)27-19(23-13)20(29)22-12-17-24-18(26-25-17)14-8-10-16(31-2)11-9-14/h3-11,13H,12H2,1-2H3,(H,22,29)(H,23,27)(H,24,25,26). The molecule has 2 aromatic carbocycles. The number of nitrogens with zero attached hydrogens (tertiary/aromatic N) is 4. The zero-order valence-corrected chi connectivity index (χ0v) is 17.0. The first-order chi connectivity index (χ1) is 15.0. The molecule has 1 aliphatic heterocycles. The number of aromatic amines is 1. The number of hydrazine groups is 1. The number of hydrogen-bond acceptors (Lipinski definition) is 7. The third-order valence-corrected chi connectivity index (χ3v) is 4.64. The van der Waals surface area contributed by atoms with Gasteiger partial charge in [0.25, 0.3) is 11.8 Å². The van der Waals surface area contributed by atoms with Crippen molar-refractivity contribution in [3.05, 3.63) is 60.4 Å². The minimum atomic E-state index is -0.686. The highest BCUT2D eigenvalue weighted by atomic mass is 16.5. The fourth-order valence-corrected chi connectivity index (χ4v) is 3.00. The molecule has 0 saturated carbocycles. The smallest absolute Gasteiger partial charge is 0.288 e. The number of ether oxygens (including phenoxy) is 1. The molecule has 31 heavy (non-hydrogen) atoms. The lowest BCUT2D eigenvalue weighted by molar-refractivity contribution is -0.120. The van der Waals surface area contributed by atoms with E-state index in [0.29, 0.717) is 17.3 Å². The number of nitrogens with one attached hydrogen (secondary N) is 3. The third kappa shape index (κ3) is 4.37. The number of carbonyl (C=O) groups excluding carboxylic acids is 2. The van der Waals surface area contributed by atoms with E-state index in [2.05, 4.69) is 30.9 Å². The molecule has 158 valence electrons. The number of methoxy groups -OCH3 is 1. The van der Waals surface area contributed by atoms with Crippen molar-refractivity contribution in [3.8, 4) is 17.1 Å². The molecule has 10 nitrogen and oxygen atoms in total. The zero-order chi connectivity index (χ0) is 21.8. The van der Waals surface area contributed by atoms with Crippen LogP contribution in [0.3, 0.4) is 0 Å². The van der Waals surface area contributed by atoms with Crippen LogP contribution in [0.2, 0.25) is 0 Å². The normalized spacial score (nSPS) is 15.8. The minimum Gasteiger partial charge on any atom is -0.497 e. The first-order valence-electron chi connectivity index (χ1n) is 9.62. The van der Waals surface area contributed by atoms with Crippen molar-refractivity contribution in [1.82, 2.24) is 25.9 Å². The van der Waals surface area contributed by atoms with Crippen molar-refractivity contribution in [2.45, 2.75) is 19.5 Å². The fourth-order valence-electron chi connectivity index (χ4n) is 3.00. The van der Waals surface area contributed by atoms with Crippen LogP contribution in [-0.4, -0.2) is 46.0 Å². The minimum absolute atomic E-state index is 0.0471. The van der Waals surface area contributed by atoms with E-state index in [4.69, 9.17) is 4.74 Å². The summed E-state index contributed by atoms with van der Waals surface area (Å²) < 4.78 is 5.14. The van der Waals surface area contributed by atoms with Crippen LogP contribution in [0.25, 0.3) is 11.4 Å². The molecule has 0 bridgehead atoms. The van der Waals surface area contributed by atoms with E-state index in [1.807, 2.05) is 42.5 Å². The van der Waals surface area contributed by atoms with Crippen LogP contribution in [-0.2, 0) is 16.1 Å². The van der Waals surface area contributed by atoms with Gasteiger partial charge in [-0.05, 0) is 43.3 Å². The molecule has 0 radical (unpaired) electrons. The van der Waals surface area contributed by atoms with E-state index in [9.17, 15) is 9.59 Å². The molecule has 10 heteroatoms. The molecule has 3 aromatic rings. The van der Waals surface area contributed by atoms with Gasteiger partial charge in [0.15, 0.2) is 5.82 Å². The van der Waals surface area contributed by atoms with Gasteiger partial charge in [-0.3, -0.25) is 20.1 Å². The number of aliphatic imine (C=N–C) groups is 1. The van der Waals surface area contributed by atoms with Crippen LogP contribution in [0.5, 0.6) is 5.75 Å². The van der Waals surface area contributed by atoms with Gasteiger partial charge in [-0.15, -0.1) is 0 Å². The number of H-pyrrole nitrogens is 1. The summed E-state index contributed by atoms with van der Waals surface area (Å²) in [4.78, 5) is 33.6. The number of rotatable bonds is 6. The van der Waals surface area contributed by atoms with Gasteiger partial charge < -0.3 is 10.1 Å². The predicted octanol–water partition coefficient (Wildman–Crippen LogP) is 1.43. The van der Waals surface area contributed by atoms with E-state index >= 15 is 0 Å². The Bertz CT molecular complexity index is 1110. The largest absolute Gasteiger partial charge is 0.497 e. The Labute approximate surface area is 178 Å². The summed E-state index contributed by atoms with van der Waals surface area (Å²) in [5.41, 5.74) is 4.23. The highest BCUT2D eigenvalue weighted by molar-refractivity contribution is 6.39. The van der Waals surface area contributed by atoms with Crippen LogP contribution in [0.1, 0.15) is 12.7 Å². The van der Waals surface area contributed by atoms with Gasteiger partial charge in [-0.1, -0.05) is 18.2 Å². The summed E-state index contributed by atoms with van der Waals surface area (Å²) >= 11 is 0. The van der Waals surface area contributed by atoms with Crippen molar-refractivity contribution in [1.29, 1.82) is 0 Å². The van der Waals surface area contributed by atoms with Crippen LogP contribution < -0.4 is 20.5 Å². The maximum absolute atomic E-state index is 12.6. The van der Waals surface area contributed by atoms with Crippen molar-refractivity contribution in [2.75, 3.05) is 12.1 Å². The Kier molecular flexibility index (Phi) is 5.61. The van der Waals surface area contributed by atoms with E-state index in [0.717, 1.165) is 11.3 Å². The molecule has 4 rings (SSSR count). The first kappa shape index (κ1) is 20.1. The number of hydrogen-bond donors (Lipinski definition) is 3. The van der Waals surface area contributed by atoms with Crippen molar-refractivity contribution in [2.24, 2.45) is 4.99 Å². The lowest BCUT2D eigenvalue weighted by atomic mass is 10.2. The summed E-state index contributed by atoms with van der Waals surface area (Å²) in [6.07, 6.45) is 0. The number of aromatic nitrogens is 3. The summed E-state index contributed by atoms with van der Waals surface area (Å²) in [6.45, 7) is 1.76. The summed E-state index contributed by atoms with van der Waals surface area (Å²) in [5, 5.41) is 11.0. The third-order valence-electron chi connectivity index (χ3n) is 4.64. The van der Waals surface area contributed by atoms with Crippen molar-refractivity contribution >= 4 is 23.3 Å². The summed E-state index contributed by atoms with van der Waals surface area (Å²) in [5.74, 6) is 1.08. The van der Waals surface area contributed by atoms with Gasteiger partial charge in [-0.2, -0.15) is 5.10 Å². The lowest BCUT2D eigenvalue weighted by Crippen LogP contribution is -2.57. The van der Waals surface area contributed by atoms with Crippen LogP contribution >= 0.6 is 0 Å². The Morgan fingerprint density at radius 3 is 2.61 bits per heavy atom. The second-order valence-corrected chi connectivity index (χ2v) is 6.79. The number of para-hydroxylation sites is 1. The summed E-state index contributed by atoms with van der Waals surface area (Å²) in [6, 6.07) is 15.7. The Morgan fingerprint density at radius 1 is 1.16 bits per heavy atom. The van der Waals surface area contributed by atoms with Gasteiger partial charge in [-0.25, -0.2) is 15.0 Å². The number of benzene rings is 2. The molecule has 2 amide bonds. The zero-order valence-electron chi connectivity index (χ0n) is 17.0. The molecule has 0 fully saturated rings. The fraction of sp³-hybridized carbons (Fsp3) is 0.190. The molecular formula is C21H21N7O3. The molecular weight excluding hydrogens is 398 g/mol. The molecule has 0 aliphatic carbocycles. The number of amidine groups is 1. The SMILES string of the molecule is COc1ccc(-c2n[nH]c(CNC(=O)C3=NC(C)C(=O)N(c4ccccc4)N3)n2)cc1. The maximum atomic E-state index is 12.6. The molecule has 1 unspecified atom stereocenters. The number of anilines is 1. The molecule has 1 atom stereocenters. The molecule has 1 aromatic heterocycles. The topological polar surface area (TPSA) is 125 Å². The van der Waals surface area contributed by atoms with E-state index in [1.165, 1.54) is 5.01 Å². The number of carbonyl (C=O) groups is 2. The van der Waals surface area contributed by atoms with Gasteiger partial charge >= 0.3 is 0 Å². The van der Waals surface area contributed by atoms with Crippen LogP contribution in [0, 0.1) is 0 Å². The molecule has 0 saturated heterocycles. The first-order valence-corrected chi connectivity index (χ1v) is 9.62. The van der Waals surface area contributed by atoms with Crippen LogP contribution in [0.15, 0.2) is 59.6 Å². The van der Waals surface area contributed by atoms with Gasteiger partial charge in [0, 0.05) is 5.56 Å². The Balaban J connectivity index is 1.41. The van der Waals surface area contributed by atoms with E-state index in [-0.39, 0.29) is 18.3 Å². The molecule has 3 N–H and O–H groups in total. The van der Waals surface area contributed by atoms with Gasteiger partial charge in [0.05, 0.1) is 19.3 Å². The van der Waals surface area contributed by atoms with Crippen molar-refractivity contribution < 1.29 is 14.3 Å². The van der Waals surface area contributed by atoms with Gasteiger partial charge in [0.2, 0.25) is 5.84 Å². The quantitative estimate of drug-likeness (QED) is 0.555. The van der Waals surface area contributed by atoms with E-state index < -0.39 is 11.9 Å². The highest BCUT2D eigenvalue weighted by Crippen LogP contribution is 2.19. The monoisotopic (exact) mass is 419 g/mol. The lowest BCUT2D eigenvalue weighted by Gasteiger charge is -2.30. The second-order valence-electron chi connectivity index (χ2n) is 6.79. The molecule has 1 aliphatic rings.